The normalized spacial score (nSPS) is 14.3. The van der Waals surface area contributed by atoms with Crippen LogP contribution in [-0.2, 0) is 17.4 Å². The van der Waals surface area contributed by atoms with Crippen molar-refractivity contribution < 1.29 is 23.1 Å². The van der Waals surface area contributed by atoms with Gasteiger partial charge in [-0.15, -0.1) is 0 Å². The van der Waals surface area contributed by atoms with Gasteiger partial charge in [-0.2, -0.15) is 13.2 Å². The summed E-state index contributed by atoms with van der Waals surface area (Å²) in [5.41, 5.74) is -2.79. The maximum atomic E-state index is 13.3. The van der Waals surface area contributed by atoms with E-state index in [2.05, 4.69) is 15.3 Å². The Morgan fingerprint density at radius 1 is 1.39 bits per heavy atom. The number of pyridine rings is 1. The number of alkyl halides is 3. The Bertz CT molecular complexity index is 714. The third-order valence-electron chi connectivity index (χ3n) is 3.23. The van der Waals surface area contributed by atoms with Crippen LogP contribution in [0.1, 0.15) is 17.9 Å². The van der Waals surface area contributed by atoms with E-state index in [9.17, 15) is 23.1 Å². The predicted molar refractivity (Wildman–Crippen MR) is 75.4 cm³/mol. The topological polar surface area (TPSA) is 80.0 Å². The van der Waals surface area contributed by atoms with E-state index in [1.165, 1.54) is 19.3 Å². The molecule has 0 saturated carbocycles. The molecule has 0 unspecified atom stereocenters. The Morgan fingerprint density at radius 3 is 2.61 bits per heavy atom. The number of rotatable bonds is 4. The van der Waals surface area contributed by atoms with Crippen LogP contribution in [0.4, 0.5) is 19.0 Å². The second kappa shape index (κ2) is 5.99. The number of carbonyl (C=O) groups excluding carboxylic acids is 1. The summed E-state index contributed by atoms with van der Waals surface area (Å²) in [5.74, 6) is -1.57. The molecule has 124 valence electrons. The predicted octanol–water partition coefficient (Wildman–Crippen LogP) is 1.90. The first-order chi connectivity index (χ1) is 10.6. The minimum atomic E-state index is -5.07. The lowest BCUT2D eigenvalue weighted by molar-refractivity contribution is -0.270. The first-order valence-electron chi connectivity index (χ1n) is 6.64. The number of aliphatic hydroxyl groups is 1. The molecule has 0 saturated heterocycles. The van der Waals surface area contributed by atoms with Crippen LogP contribution in [-0.4, -0.2) is 31.7 Å². The van der Waals surface area contributed by atoms with Crippen molar-refractivity contribution in [1.29, 1.82) is 0 Å². The fraction of sp³-hybridized carbons (Fsp3) is 0.357. The molecule has 0 aliphatic rings. The fourth-order valence-electron chi connectivity index (χ4n) is 2.10. The van der Waals surface area contributed by atoms with Gasteiger partial charge in [0.15, 0.2) is 5.82 Å². The van der Waals surface area contributed by atoms with Gasteiger partial charge in [-0.1, -0.05) is 6.07 Å². The van der Waals surface area contributed by atoms with Crippen molar-refractivity contribution in [3.05, 3.63) is 42.1 Å². The lowest BCUT2D eigenvalue weighted by atomic mass is 9.97. The number of hydrogen-bond acceptors (Lipinski definition) is 4. The van der Waals surface area contributed by atoms with Gasteiger partial charge >= 0.3 is 6.18 Å². The second-order valence-electron chi connectivity index (χ2n) is 5.11. The van der Waals surface area contributed by atoms with Crippen LogP contribution >= 0.6 is 0 Å². The van der Waals surface area contributed by atoms with Gasteiger partial charge in [0.25, 0.3) is 0 Å². The minimum absolute atomic E-state index is 0.111. The van der Waals surface area contributed by atoms with Crippen LogP contribution in [0, 0.1) is 6.92 Å². The smallest absolute Gasteiger partial charge is 0.374 e. The van der Waals surface area contributed by atoms with E-state index in [0.29, 0.717) is 5.69 Å². The van der Waals surface area contributed by atoms with E-state index < -0.39 is 29.9 Å². The number of aromatic nitrogens is 3. The molecule has 1 atom stereocenters. The van der Waals surface area contributed by atoms with E-state index in [1.54, 1.807) is 19.1 Å². The average Bonchev–Trinajstić information content (AvgIpc) is 2.83. The lowest BCUT2D eigenvalue weighted by Gasteiger charge is -2.29. The van der Waals surface area contributed by atoms with Gasteiger partial charge < -0.3 is 15.0 Å². The van der Waals surface area contributed by atoms with Crippen molar-refractivity contribution in [2.75, 3.05) is 5.32 Å². The van der Waals surface area contributed by atoms with Crippen LogP contribution in [0.3, 0.4) is 0 Å². The molecule has 0 bridgehead atoms. The maximum Gasteiger partial charge on any atom is 0.425 e. The van der Waals surface area contributed by atoms with Crippen LogP contribution in [0.5, 0.6) is 0 Å². The average molecular weight is 328 g/mol. The van der Waals surface area contributed by atoms with Gasteiger partial charge in [0, 0.05) is 25.1 Å². The number of anilines is 1. The van der Waals surface area contributed by atoms with Gasteiger partial charge in [-0.25, -0.2) is 9.97 Å². The van der Waals surface area contributed by atoms with Crippen molar-refractivity contribution in [2.24, 2.45) is 7.05 Å². The van der Waals surface area contributed by atoms with E-state index in [4.69, 9.17) is 0 Å². The molecule has 0 aromatic carbocycles. The van der Waals surface area contributed by atoms with E-state index in [0.717, 1.165) is 10.8 Å². The van der Waals surface area contributed by atoms with Crippen LogP contribution in [0.25, 0.3) is 0 Å². The first kappa shape index (κ1) is 16.9. The van der Waals surface area contributed by atoms with E-state index >= 15 is 0 Å². The number of imidazole rings is 1. The molecule has 2 aromatic heterocycles. The van der Waals surface area contributed by atoms with Gasteiger partial charge in [-0.3, -0.25) is 4.79 Å². The molecule has 2 heterocycles. The fourth-order valence-corrected chi connectivity index (χ4v) is 2.10. The zero-order chi connectivity index (χ0) is 17.3. The zero-order valence-electron chi connectivity index (χ0n) is 12.4. The SMILES string of the molecule is Cc1cccc(NC(=O)C[C@](O)(c2nccn2C)C(F)(F)F)n1. The molecule has 2 aromatic rings. The molecule has 0 aliphatic heterocycles. The van der Waals surface area contributed by atoms with Gasteiger partial charge in [0.1, 0.15) is 5.82 Å². The number of hydrogen-bond donors (Lipinski definition) is 2. The summed E-state index contributed by atoms with van der Waals surface area (Å²) in [4.78, 5) is 19.4. The van der Waals surface area contributed by atoms with Gasteiger partial charge in [0.2, 0.25) is 11.5 Å². The highest BCUT2D eigenvalue weighted by molar-refractivity contribution is 5.90. The molecule has 0 spiro atoms. The summed E-state index contributed by atoms with van der Waals surface area (Å²) < 4.78 is 41.0. The molecule has 1 amide bonds. The van der Waals surface area contributed by atoms with Gasteiger partial charge in [-0.05, 0) is 19.1 Å². The Hall–Kier alpha value is -2.42. The summed E-state index contributed by atoms with van der Waals surface area (Å²) in [6, 6.07) is 4.72. The Labute approximate surface area is 130 Å². The summed E-state index contributed by atoms with van der Waals surface area (Å²) in [6.07, 6.45) is -3.92. The van der Waals surface area contributed by atoms with Crippen LogP contribution in [0.15, 0.2) is 30.6 Å². The summed E-state index contributed by atoms with van der Waals surface area (Å²) in [6.45, 7) is 1.68. The highest BCUT2D eigenvalue weighted by atomic mass is 19.4. The van der Waals surface area contributed by atoms with Crippen LogP contribution in [0.2, 0.25) is 0 Å². The third-order valence-corrected chi connectivity index (χ3v) is 3.23. The molecule has 0 fully saturated rings. The second-order valence-corrected chi connectivity index (χ2v) is 5.11. The third kappa shape index (κ3) is 3.50. The summed E-state index contributed by atoms with van der Waals surface area (Å²) in [7, 11) is 1.30. The monoisotopic (exact) mass is 328 g/mol. The highest BCUT2D eigenvalue weighted by Crippen LogP contribution is 2.40. The number of amides is 1. The maximum absolute atomic E-state index is 13.3. The van der Waals surface area contributed by atoms with Gasteiger partial charge in [0.05, 0.1) is 6.42 Å². The molecule has 6 nitrogen and oxygen atoms in total. The molecule has 9 heteroatoms. The Kier molecular flexibility index (Phi) is 4.42. The molecule has 2 N–H and O–H groups in total. The molecular weight excluding hydrogens is 313 g/mol. The van der Waals surface area contributed by atoms with Crippen LogP contribution < -0.4 is 5.32 Å². The first-order valence-corrected chi connectivity index (χ1v) is 6.64. The number of nitrogens with one attached hydrogen (secondary N) is 1. The summed E-state index contributed by atoms with van der Waals surface area (Å²) >= 11 is 0. The molecule has 2 rings (SSSR count). The van der Waals surface area contributed by atoms with Crippen molar-refractivity contribution in [3.63, 3.8) is 0 Å². The lowest BCUT2D eigenvalue weighted by Crippen LogP contribution is -2.46. The van der Waals surface area contributed by atoms with E-state index in [-0.39, 0.29) is 5.82 Å². The number of carbonyl (C=O) groups is 1. The molecular formula is C14H15F3N4O2. The van der Waals surface area contributed by atoms with Crippen molar-refractivity contribution in [3.8, 4) is 0 Å². The summed E-state index contributed by atoms with van der Waals surface area (Å²) in [5, 5.41) is 12.3. The zero-order valence-corrected chi connectivity index (χ0v) is 12.4. The van der Waals surface area contributed by atoms with Crippen molar-refractivity contribution in [1.82, 2.24) is 14.5 Å². The Morgan fingerprint density at radius 2 is 2.09 bits per heavy atom. The molecule has 23 heavy (non-hydrogen) atoms. The Balaban J connectivity index is 2.25. The number of halogens is 3. The largest absolute Gasteiger partial charge is 0.425 e. The number of nitrogens with zero attached hydrogens (tertiary/aromatic N) is 3. The number of aryl methyl sites for hydroxylation is 2. The van der Waals surface area contributed by atoms with Crippen molar-refractivity contribution in [2.45, 2.75) is 25.1 Å². The highest BCUT2D eigenvalue weighted by Gasteiger charge is 2.58. The molecule has 0 radical (unpaired) electrons. The molecule has 0 aliphatic carbocycles. The minimum Gasteiger partial charge on any atom is -0.374 e. The quantitative estimate of drug-likeness (QED) is 0.898. The van der Waals surface area contributed by atoms with Crippen molar-refractivity contribution >= 4 is 11.7 Å². The van der Waals surface area contributed by atoms with E-state index in [1.807, 2.05) is 0 Å². The standard InChI is InChI=1S/C14H15F3N4O2/c1-9-4-3-5-10(19-9)20-11(22)8-13(23,14(15,16)17)12-18-6-7-21(12)2/h3-7,23H,8H2,1-2H3,(H,19,20,22)/t13-/m0/s1.